The van der Waals surface area contributed by atoms with Gasteiger partial charge < -0.3 is 5.11 Å². The maximum absolute atomic E-state index is 11.9. The van der Waals surface area contributed by atoms with Gasteiger partial charge in [-0.2, -0.15) is 12.6 Å². The van der Waals surface area contributed by atoms with E-state index < -0.39 is 6.43 Å². The number of rotatable bonds is 7. The third kappa shape index (κ3) is 6.82. The van der Waals surface area contributed by atoms with Crippen molar-refractivity contribution in [1.29, 1.82) is 0 Å². The molecule has 0 bridgehead atoms. The zero-order valence-corrected chi connectivity index (χ0v) is 7.81. The van der Waals surface area contributed by atoms with Crippen molar-refractivity contribution in [3.8, 4) is 0 Å². The number of aliphatic hydroxyl groups excluding tert-OH is 1. The average Bonchev–Trinajstić information content (AvgIpc) is 2.00. The quantitative estimate of drug-likeness (QED) is 0.594. The molecule has 0 rings (SSSR count). The zero-order valence-electron chi connectivity index (χ0n) is 6.92. The zero-order chi connectivity index (χ0) is 9.40. The SMILES string of the molecule is OCCN(CCCS)CC(F)F. The summed E-state index contributed by atoms with van der Waals surface area (Å²) >= 11 is 3.98. The highest BCUT2D eigenvalue weighted by Crippen LogP contribution is 1.99. The minimum Gasteiger partial charge on any atom is -0.395 e. The molecule has 0 radical (unpaired) electrons. The molecule has 0 heterocycles. The Balaban J connectivity index is 3.54. The molecule has 0 unspecified atom stereocenters. The third-order valence-electron chi connectivity index (χ3n) is 1.44. The summed E-state index contributed by atoms with van der Waals surface area (Å²) in [7, 11) is 0. The molecule has 0 aromatic heterocycles. The monoisotopic (exact) mass is 199 g/mol. The van der Waals surface area contributed by atoms with Crippen LogP contribution in [-0.4, -0.2) is 48.4 Å². The van der Waals surface area contributed by atoms with Gasteiger partial charge in [0.05, 0.1) is 13.2 Å². The highest BCUT2D eigenvalue weighted by molar-refractivity contribution is 7.80. The molecular formula is C7H15F2NOS. The summed E-state index contributed by atoms with van der Waals surface area (Å²) in [6, 6.07) is 0. The van der Waals surface area contributed by atoms with Crippen LogP contribution in [0.25, 0.3) is 0 Å². The summed E-state index contributed by atoms with van der Waals surface area (Å²) in [6.07, 6.45) is -1.55. The topological polar surface area (TPSA) is 23.5 Å². The average molecular weight is 199 g/mol. The maximum atomic E-state index is 11.9. The van der Waals surface area contributed by atoms with Crippen molar-refractivity contribution in [3.05, 3.63) is 0 Å². The van der Waals surface area contributed by atoms with Crippen molar-refractivity contribution < 1.29 is 13.9 Å². The summed E-state index contributed by atoms with van der Waals surface area (Å²) < 4.78 is 23.8. The van der Waals surface area contributed by atoms with E-state index in [4.69, 9.17) is 5.11 Å². The van der Waals surface area contributed by atoms with E-state index in [1.54, 1.807) is 4.90 Å². The van der Waals surface area contributed by atoms with Gasteiger partial charge in [0.25, 0.3) is 6.43 Å². The highest BCUT2D eigenvalue weighted by Gasteiger charge is 2.10. The van der Waals surface area contributed by atoms with Crippen molar-refractivity contribution in [2.75, 3.05) is 32.0 Å². The lowest BCUT2D eigenvalue weighted by Gasteiger charge is -2.19. The van der Waals surface area contributed by atoms with Crippen LogP contribution >= 0.6 is 12.6 Å². The second-order valence-corrected chi connectivity index (χ2v) is 2.94. The van der Waals surface area contributed by atoms with E-state index in [1.807, 2.05) is 0 Å². The standard InChI is InChI=1S/C7H15F2NOS/c8-7(9)6-10(3-4-11)2-1-5-12/h7,11-12H,1-6H2. The Morgan fingerprint density at radius 1 is 1.33 bits per heavy atom. The van der Waals surface area contributed by atoms with E-state index in [-0.39, 0.29) is 13.2 Å². The fourth-order valence-electron chi connectivity index (χ4n) is 0.925. The number of halogens is 2. The third-order valence-corrected chi connectivity index (χ3v) is 1.76. The molecule has 0 saturated carbocycles. The molecule has 0 spiro atoms. The van der Waals surface area contributed by atoms with Crippen LogP contribution in [0.15, 0.2) is 0 Å². The van der Waals surface area contributed by atoms with Gasteiger partial charge in [0.1, 0.15) is 0 Å². The summed E-state index contributed by atoms with van der Waals surface area (Å²) in [6.45, 7) is 0.570. The van der Waals surface area contributed by atoms with Gasteiger partial charge in [0.15, 0.2) is 0 Å². The molecule has 2 nitrogen and oxygen atoms in total. The first-order chi connectivity index (χ1) is 5.70. The predicted octanol–water partition coefficient (Wildman–Crippen LogP) is 0.866. The molecule has 12 heavy (non-hydrogen) atoms. The summed E-state index contributed by atoms with van der Waals surface area (Å²) in [5.74, 6) is 0.686. The molecule has 0 fully saturated rings. The maximum Gasteiger partial charge on any atom is 0.251 e. The lowest BCUT2D eigenvalue weighted by molar-refractivity contribution is 0.0786. The summed E-state index contributed by atoms with van der Waals surface area (Å²) in [5, 5.41) is 8.54. The molecule has 0 saturated heterocycles. The van der Waals surface area contributed by atoms with Gasteiger partial charge >= 0.3 is 0 Å². The van der Waals surface area contributed by atoms with E-state index in [0.717, 1.165) is 6.42 Å². The van der Waals surface area contributed by atoms with Crippen LogP contribution in [-0.2, 0) is 0 Å². The van der Waals surface area contributed by atoms with Crippen LogP contribution in [0.2, 0.25) is 0 Å². The van der Waals surface area contributed by atoms with E-state index in [2.05, 4.69) is 12.6 Å². The van der Waals surface area contributed by atoms with Crippen LogP contribution in [0.5, 0.6) is 0 Å². The van der Waals surface area contributed by atoms with Crippen molar-refractivity contribution in [3.63, 3.8) is 0 Å². The Labute approximate surface area is 77.0 Å². The Kier molecular flexibility index (Phi) is 7.85. The largest absolute Gasteiger partial charge is 0.395 e. The minimum atomic E-state index is -2.32. The molecule has 0 aliphatic carbocycles. The number of nitrogens with zero attached hydrogens (tertiary/aromatic N) is 1. The first kappa shape index (κ1) is 12.1. The van der Waals surface area contributed by atoms with E-state index in [1.165, 1.54) is 0 Å². The Hall–Kier alpha value is 0.130. The lowest BCUT2D eigenvalue weighted by Crippen LogP contribution is -2.32. The second kappa shape index (κ2) is 7.76. The van der Waals surface area contributed by atoms with E-state index in [9.17, 15) is 8.78 Å². The Morgan fingerprint density at radius 2 is 2.00 bits per heavy atom. The van der Waals surface area contributed by atoms with Gasteiger partial charge in [0.2, 0.25) is 0 Å². The number of aliphatic hydroxyl groups is 1. The highest BCUT2D eigenvalue weighted by atomic mass is 32.1. The van der Waals surface area contributed by atoms with Crippen LogP contribution in [0.3, 0.4) is 0 Å². The first-order valence-corrected chi connectivity index (χ1v) is 4.56. The molecule has 74 valence electrons. The number of hydrogen-bond donors (Lipinski definition) is 2. The van der Waals surface area contributed by atoms with Crippen LogP contribution in [0.4, 0.5) is 8.78 Å². The molecular weight excluding hydrogens is 184 g/mol. The van der Waals surface area contributed by atoms with Crippen molar-refractivity contribution >= 4 is 12.6 Å². The number of hydrogen-bond acceptors (Lipinski definition) is 3. The predicted molar refractivity (Wildman–Crippen MR) is 48.0 cm³/mol. The molecule has 0 amide bonds. The van der Waals surface area contributed by atoms with Crippen molar-refractivity contribution in [2.24, 2.45) is 0 Å². The van der Waals surface area contributed by atoms with Gasteiger partial charge in [-0.1, -0.05) is 0 Å². The number of thiol groups is 1. The first-order valence-electron chi connectivity index (χ1n) is 3.93. The normalized spacial score (nSPS) is 11.5. The molecule has 0 aromatic carbocycles. The Morgan fingerprint density at radius 3 is 2.42 bits per heavy atom. The smallest absolute Gasteiger partial charge is 0.251 e. The van der Waals surface area contributed by atoms with Gasteiger partial charge in [-0.3, -0.25) is 4.90 Å². The lowest BCUT2D eigenvalue weighted by atomic mass is 10.4. The summed E-state index contributed by atoms with van der Waals surface area (Å²) in [5.41, 5.74) is 0. The Bertz CT molecular complexity index is 105. The van der Waals surface area contributed by atoms with Gasteiger partial charge in [0, 0.05) is 6.54 Å². The molecule has 0 atom stereocenters. The molecule has 0 aliphatic rings. The summed E-state index contributed by atoms with van der Waals surface area (Å²) in [4.78, 5) is 1.54. The molecule has 5 heteroatoms. The number of alkyl halides is 2. The molecule has 1 N–H and O–H groups in total. The fraction of sp³-hybridized carbons (Fsp3) is 1.00. The van der Waals surface area contributed by atoms with Crippen LogP contribution < -0.4 is 0 Å². The van der Waals surface area contributed by atoms with Gasteiger partial charge in [-0.05, 0) is 18.7 Å². The van der Waals surface area contributed by atoms with Crippen molar-refractivity contribution in [2.45, 2.75) is 12.8 Å². The second-order valence-electron chi connectivity index (χ2n) is 2.49. The fourth-order valence-corrected chi connectivity index (χ4v) is 1.07. The van der Waals surface area contributed by atoms with E-state index >= 15 is 0 Å². The molecule has 0 aromatic rings. The van der Waals surface area contributed by atoms with Gasteiger partial charge in [-0.25, -0.2) is 8.78 Å². The van der Waals surface area contributed by atoms with E-state index in [0.29, 0.717) is 18.8 Å². The minimum absolute atomic E-state index is 0.0701. The molecule has 0 aliphatic heterocycles. The van der Waals surface area contributed by atoms with Crippen LogP contribution in [0.1, 0.15) is 6.42 Å². The van der Waals surface area contributed by atoms with Crippen molar-refractivity contribution in [1.82, 2.24) is 4.90 Å². The van der Waals surface area contributed by atoms with Crippen LogP contribution in [0, 0.1) is 0 Å². The van der Waals surface area contributed by atoms with Gasteiger partial charge in [-0.15, -0.1) is 0 Å².